The lowest BCUT2D eigenvalue weighted by atomic mass is 9.68. The Hall–Kier alpha value is 0.310. The molecule has 0 spiro atoms. The van der Waals surface area contributed by atoms with Gasteiger partial charge >= 0.3 is 0 Å². The summed E-state index contributed by atoms with van der Waals surface area (Å²) in [7, 11) is 0. The summed E-state index contributed by atoms with van der Waals surface area (Å²) in [5, 5.41) is 0. The topological polar surface area (TPSA) is 26.0 Å². The molecule has 2 atom stereocenters. The van der Waals surface area contributed by atoms with Gasteiger partial charge in [0.25, 0.3) is 0 Å². The van der Waals surface area contributed by atoms with Crippen molar-refractivity contribution in [3.8, 4) is 0 Å². The summed E-state index contributed by atoms with van der Waals surface area (Å²) in [6, 6.07) is 0. The van der Waals surface area contributed by atoms with Gasteiger partial charge in [0.2, 0.25) is 0 Å². The molecule has 2 N–H and O–H groups in total. The minimum absolute atomic E-state index is 0.905. The molecule has 0 bridgehead atoms. The summed E-state index contributed by atoms with van der Waals surface area (Å²) in [5.41, 5.74) is 5.75. The molecule has 82 valence electrons. The van der Waals surface area contributed by atoms with Crippen LogP contribution < -0.4 is 5.73 Å². The van der Waals surface area contributed by atoms with Gasteiger partial charge in [0, 0.05) is 0 Å². The fourth-order valence-electron chi connectivity index (χ4n) is 3.02. The maximum Gasteiger partial charge on any atom is -0.00364 e. The molecule has 1 aliphatic heterocycles. The zero-order valence-electron chi connectivity index (χ0n) is 9.08. The van der Waals surface area contributed by atoms with E-state index in [2.05, 4.69) is 11.8 Å². The zero-order valence-corrected chi connectivity index (χ0v) is 9.90. The average molecular weight is 213 g/mol. The first-order chi connectivity index (χ1) is 6.92. The second-order valence-electron chi connectivity index (χ2n) is 4.91. The van der Waals surface area contributed by atoms with Gasteiger partial charge in [0.1, 0.15) is 0 Å². The van der Waals surface area contributed by atoms with E-state index in [9.17, 15) is 0 Å². The molecule has 2 fully saturated rings. The second-order valence-corrected chi connectivity index (χ2v) is 6.06. The smallest absolute Gasteiger partial charge is 0.00364 e. The summed E-state index contributed by atoms with van der Waals surface area (Å²) < 4.78 is 0. The molecule has 2 unspecified atom stereocenters. The van der Waals surface area contributed by atoms with Crippen LogP contribution in [0.25, 0.3) is 0 Å². The Bertz CT molecular complexity index is 162. The molecule has 0 aromatic rings. The maximum absolute atomic E-state index is 5.75. The van der Waals surface area contributed by atoms with Crippen LogP contribution in [0.5, 0.6) is 0 Å². The van der Waals surface area contributed by atoms with Crippen molar-refractivity contribution in [1.29, 1.82) is 0 Å². The van der Waals surface area contributed by atoms with E-state index in [0.717, 1.165) is 24.3 Å². The molecule has 2 heteroatoms. The predicted molar refractivity (Wildman–Crippen MR) is 64.6 cm³/mol. The van der Waals surface area contributed by atoms with E-state index in [-0.39, 0.29) is 0 Å². The van der Waals surface area contributed by atoms with Crippen LogP contribution in [0.1, 0.15) is 38.5 Å². The highest BCUT2D eigenvalue weighted by Crippen LogP contribution is 2.42. The highest BCUT2D eigenvalue weighted by Gasteiger charge is 2.33. The van der Waals surface area contributed by atoms with E-state index in [4.69, 9.17) is 5.73 Å². The molecule has 2 rings (SSSR count). The molecule has 1 aliphatic carbocycles. The van der Waals surface area contributed by atoms with Crippen LogP contribution in [0, 0.1) is 17.8 Å². The van der Waals surface area contributed by atoms with Crippen LogP contribution in [0.15, 0.2) is 0 Å². The van der Waals surface area contributed by atoms with E-state index in [1.54, 1.807) is 0 Å². The first kappa shape index (κ1) is 10.8. The van der Waals surface area contributed by atoms with Crippen molar-refractivity contribution in [1.82, 2.24) is 0 Å². The third kappa shape index (κ3) is 2.46. The van der Waals surface area contributed by atoms with Crippen molar-refractivity contribution in [3.63, 3.8) is 0 Å². The SMILES string of the molecule is NCCC(C1CCC1)C1CCCSC1. The number of hydrogen-bond acceptors (Lipinski definition) is 2. The second kappa shape index (κ2) is 5.41. The van der Waals surface area contributed by atoms with E-state index in [0.29, 0.717) is 0 Å². The Labute approximate surface area is 92.2 Å². The number of nitrogens with two attached hydrogens (primary N) is 1. The Morgan fingerprint density at radius 2 is 1.93 bits per heavy atom. The quantitative estimate of drug-likeness (QED) is 0.777. The highest BCUT2D eigenvalue weighted by atomic mass is 32.2. The van der Waals surface area contributed by atoms with E-state index >= 15 is 0 Å². The van der Waals surface area contributed by atoms with Crippen molar-refractivity contribution in [2.75, 3.05) is 18.1 Å². The van der Waals surface area contributed by atoms with Crippen LogP contribution in [0.4, 0.5) is 0 Å². The predicted octanol–water partition coefficient (Wildman–Crippen LogP) is 2.89. The van der Waals surface area contributed by atoms with Crippen molar-refractivity contribution in [3.05, 3.63) is 0 Å². The van der Waals surface area contributed by atoms with Crippen LogP contribution in [-0.4, -0.2) is 18.1 Å². The van der Waals surface area contributed by atoms with Crippen LogP contribution in [0.3, 0.4) is 0 Å². The zero-order chi connectivity index (χ0) is 9.80. The summed E-state index contributed by atoms with van der Waals surface area (Å²) in [5.74, 6) is 5.84. The van der Waals surface area contributed by atoms with E-state index < -0.39 is 0 Å². The third-order valence-corrected chi connectivity index (χ3v) is 5.30. The molecule has 14 heavy (non-hydrogen) atoms. The maximum atomic E-state index is 5.75. The summed E-state index contributed by atoms with van der Waals surface area (Å²) in [6.07, 6.45) is 8.68. The normalized spacial score (nSPS) is 31.1. The molecular weight excluding hydrogens is 190 g/mol. The Morgan fingerprint density at radius 1 is 1.14 bits per heavy atom. The van der Waals surface area contributed by atoms with E-state index in [1.807, 2.05) is 0 Å². The van der Waals surface area contributed by atoms with Gasteiger partial charge < -0.3 is 5.73 Å². The van der Waals surface area contributed by atoms with Crippen molar-refractivity contribution >= 4 is 11.8 Å². The van der Waals surface area contributed by atoms with Gasteiger partial charge in [-0.2, -0.15) is 11.8 Å². The monoisotopic (exact) mass is 213 g/mol. The highest BCUT2D eigenvalue weighted by molar-refractivity contribution is 7.99. The molecule has 1 saturated heterocycles. The van der Waals surface area contributed by atoms with Gasteiger partial charge in [0.15, 0.2) is 0 Å². The standard InChI is InChI=1S/C12H23NS/c13-7-6-12(10-3-1-4-10)11-5-2-8-14-9-11/h10-12H,1-9,13H2. The summed E-state index contributed by atoms with van der Waals surface area (Å²) in [4.78, 5) is 0. The fraction of sp³-hybridized carbons (Fsp3) is 1.00. The molecule has 1 heterocycles. The number of thioether (sulfide) groups is 1. The first-order valence-corrected chi connectivity index (χ1v) is 7.35. The van der Waals surface area contributed by atoms with E-state index in [1.165, 1.54) is 50.0 Å². The molecule has 0 aromatic carbocycles. The summed E-state index contributed by atoms with van der Waals surface area (Å²) in [6.45, 7) is 0.905. The Balaban J connectivity index is 1.86. The largest absolute Gasteiger partial charge is 0.330 e. The molecule has 0 aromatic heterocycles. The van der Waals surface area contributed by atoms with Gasteiger partial charge in [-0.05, 0) is 55.1 Å². The molecular formula is C12H23NS. The first-order valence-electron chi connectivity index (χ1n) is 6.19. The number of hydrogen-bond donors (Lipinski definition) is 1. The van der Waals surface area contributed by atoms with Crippen molar-refractivity contribution < 1.29 is 0 Å². The lowest BCUT2D eigenvalue weighted by molar-refractivity contribution is 0.139. The minimum atomic E-state index is 0.905. The van der Waals surface area contributed by atoms with Crippen LogP contribution >= 0.6 is 11.8 Å². The summed E-state index contributed by atoms with van der Waals surface area (Å²) >= 11 is 2.17. The van der Waals surface area contributed by atoms with Gasteiger partial charge in [-0.1, -0.05) is 19.3 Å². The fourth-order valence-corrected chi connectivity index (χ4v) is 4.27. The number of rotatable bonds is 4. The van der Waals surface area contributed by atoms with Gasteiger partial charge in [-0.15, -0.1) is 0 Å². The molecule has 1 nitrogen and oxygen atoms in total. The third-order valence-electron chi connectivity index (χ3n) is 4.06. The van der Waals surface area contributed by atoms with Gasteiger partial charge in [-0.3, -0.25) is 0 Å². The van der Waals surface area contributed by atoms with Gasteiger partial charge in [-0.25, -0.2) is 0 Å². The minimum Gasteiger partial charge on any atom is -0.330 e. The van der Waals surface area contributed by atoms with Crippen molar-refractivity contribution in [2.24, 2.45) is 23.5 Å². The Kier molecular flexibility index (Phi) is 4.18. The van der Waals surface area contributed by atoms with Crippen LogP contribution in [-0.2, 0) is 0 Å². The molecule has 0 amide bonds. The Morgan fingerprint density at radius 3 is 2.43 bits per heavy atom. The molecule has 1 saturated carbocycles. The van der Waals surface area contributed by atoms with Crippen LogP contribution in [0.2, 0.25) is 0 Å². The molecule has 0 radical (unpaired) electrons. The van der Waals surface area contributed by atoms with Crippen molar-refractivity contribution in [2.45, 2.75) is 38.5 Å². The lowest BCUT2D eigenvalue weighted by Crippen LogP contribution is -2.33. The van der Waals surface area contributed by atoms with Gasteiger partial charge in [0.05, 0.1) is 0 Å². The average Bonchev–Trinajstić information content (AvgIpc) is 2.16. The molecule has 2 aliphatic rings. The lowest BCUT2D eigenvalue weighted by Gasteiger charge is -2.40.